The van der Waals surface area contributed by atoms with E-state index in [1.807, 2.05) is 65.0 Å². The third kappa shape index (κ3) is 9.22. The van der Waals surface area contributed by atoms with Gasteiger partial charge in [-0.3, -0.25) is 24.1 Å². The summed E-state index contributed by atoms with van der Waals surface area (Å²) in [4.78, 5) is 56.0. The summed E-state index contributed by atoms with van der Waals surface area (Å²) in [6.07, 6.45) is 2.38. The van der Waals surface area contributed by atoms with Crippen LogP contribution in [0.25, 0.3) is 0 Å². The van der Waals surface area contributed by atoms with E-state index in [0.29, 0.717) is 31.9 Å². The molecule has 11 heteroatoms. The smallest absolute Gasteiger partial charge is 0.274 e. The van der Waals surface area contributed by atoms with Crippen molar-refractivity contribution < 1.29 is 28.4 Å². The largest absolute Gasteiger partial charge is 0.379 e. The third-order valence-corrected chi connectivity index (χ3v) is 8.36. The van der Waals surface area contributed by atoms with E-state index in [1.54, 1.807) is 6.07 Å². The molecule has 3 atom stereocenters. The Bertz CT molecular complexity index is 1280. The first-order valence-corrected chi connectivity index (χ1v) is 15.7. The summed E-state index contributed by atoms with van der Waals surface area (Å²) >= 11 is 0. The molecule has 11 nitrogen and oxygen atoms in total. The lowest BCUT2D eigenvalue weighted by Gasteiger charge is -2.28. The maximum Gasteiger partial charge on any atom is 0.274 e. The number of nitrogens with zero attached hydrogens (tertiary/aromatic N) is 2. The number of nitrogens with one attached hydrogen (secondary N) is 3. The van der Waals surface area contributed by atoms with Crippen molar-refractivity contribution in [1.29, 1.82) is 0 Å². The van der Waals surface area contributed by atoms with E-state index in [1.165, 1.54) is 0 Å². The first-order chi connectivity index (χ1) is 20.9. The van der Waals surface area contributed by atoms with Gasteiger partial charge in [0.15, 0.2) is 17.2 Å². The number of ether oxygens (including phenoxy) is 1. The van der Waals surface area contributed by atoms with Crippen molar-refractivity contribution in [3.8, 4) is 0 Å². The highest BCUT2D eigenvalue weighted by molar-refractivity contribution is 5.99. The van der Waals surface area contributed by atoms with E-state index < -0.39 is 41.3 Å². The molecule has 2 fully saturated rings. The zero-order valence-corrected chi connectivity index (χ0v) is 26.6. The highest BCUT2D eigenvalue weighted by atomic mass is 16.5. The van der Waals surface area contributed by atoms with Gasteiger partial charge in [-0.05, 0) is 36.7 Å². The lowest BCUT2D eigenvalue weighted by Crippen LogP contribution is -2.58. The van der Waals surface area contributed by atoms with Gasteiger partial charge >= 0.3 is 0 Å². The fraction of sp³-hybridized carbons (Fsp3) is 0.606. The van der Waals surface area contributed by atoms with Gasteiger partial charge < -0.3 is 25.2 Å². The number of carbonyl (C=O) groups is 4. The highest BCUT2D eigenvalue weighted by Crippen LogP contribution is 2.47. The Morgan fingerprint density at radius 1 is 0.932 bits per heavy atom. The first kappa shape index (κ1) is 33.3. The Hall–Kier alpha value is -3.57. The van der Waals surface area contributed by atoms with Crippen molar-refractivity contribution in [1.82, 2.24) is 26.0 Å². The predicted octanol–water partition coefficient (Wildman–Crippen LogP) is 2.89. The number of amides is 3. The predicted molar refractivity (Wildman–Crippen MR) is 165 cm³/mol. The van der Waals surface area contributed by atoms with Crippen molar-refractivity contribution >= 4 is 23.5 Å². The summed E-state index contributed by atoms with van der Waals surface area (Å²) in [7, 11) is 0. The van der Waals surface area contributed by atoms with Crippen LogP contribution in [0.3, 0.4) is 0 Å². The maximum absolute atomic E-state index is 13.7. The Morgan fingerprint density at radius 3 is 2.20 bits per heavy atom. The van der Waals surface area contributed by atoms with Crippen molar-refractivity contribution in [3.63, 3.8) is 0 Å². The topological polar surface area (TPSA) is 143 Å². The first-order valence-electron chi connectivity index (χ1n) is 15.7. The zero-order chi connectivity index (χ0) is 31.9. The van der Waals surface area contributed by atoms with E-state index >= 15 is 0 Å². The van der Waals surface area contributed by atoms with Gasteiger partial charge in [0.1, 0.15) is 12.1 Å². The second-order valence-corrected chi connectivity index (χ2v) is 13.1. The molecular weight excluding hydrogens is 562 g/mol. The van der Waals surface area contributed by atoms with Crippen LogP contribution in [-0.2, 0) is 32.1 Å². The molecule has 0 spiro atoms. The Kier molecular flexibility index (Phi) is 11.3. The number of morpholine rings is 1. The minimum atomic E-state index is -0.954. The van der Waals surface area contributed by atoms with Crippen LogP contribution in [0.5, 0.6) is 0 Å². The van der Waals surface area contributed by atoms with E-state index in [0.717, 1.165) is 31.5 Å². The molecule has 0 radical (unpaired) electrons. The number of rotatable bonds is 15. The fourth-order valence-corrected chi connectivity index (χ4v) is 5.37. The Labute approximate surface area is 259 Å². The van der Waals surface area contributed by atoms with Crippen LogP contribution in [0.2, 0.25) is 0 Å². The van der Waals surface area contributed by atoms with Gasteiger partial charge in [-0.25, -0.2) is 0 Å². The van der Waals surface area contributed by atoms with Crippen molar-refractivity contribution in [2.24, 2.45) is 17.3 Å². The van der Waals surface area contributed by atoms with Gasteiger partial charge in [0.25, 0.3) is 5.91 Å². The summed E-state index contributed by atoms with van der Waals surface area (Å²) in [5.74, 6) is -0.972. The average molecular weight is 610 g/mol. The third-order valence-electron chi connectivity index (χ3n) is 8.36. The van der Waals surface area contributed by atoms with Crippen LogP contribution in [0.15, 0.2) is 40.9 Å². The van der Waals surface area contributed by atoms with Gasteiger partial charge in [-0.2, -0.15) is 0 Å². The second-order valence-electron chi connectivity index (χ2n) is 13.1. The van der Waals surface area contributed by atoms with Crippen LogP contribution < -0.4 is 16.0 Å². The summed E-state index contributed by atoms with van der Waals surface area (Å²) < 4.78 is 10.8. The molecule has 240 valence electrons. The summed E-state index contributed by atoms with van der Waals surface area (Å²) in [5, 5.41) is 12.5. The van der Waals surface area contributed by atoms with Gasteiger partial charge in [-0.15, -0.1) is 0 Å². The molecule has 0 unspecified atom stereocenters. The van der Waals surface area contributed by atoms with Gasteiger partial charge in [-0.1, -0.05) is 70.1 Å². The molecule has 2 heterocycles. The van der Waals surface area contributed by atoms with Crippen molar-refractivity contribution in [3.05, 3.63) is 53.4 Å². The molecule has 1 saturated heterocycles. The molecular formula is C33H47N5O6. The molecule has 3 amide bonds. The summed E-state index contributed by atoms with van der Waals surface area (Å²) in [5.41, 5.74) is 0.532. The monoisotopic (exact) mass is 609 g/mol. The molecule has 3 N–H and O–H groups in total. The number of Topliss-reactive ketones (excluding diaryl/α,β-unsaturated/α-hetero) is 1. The van der Waals surface area contributed by atoms with Crippen molar-refractivity contribution in [2.75, 3.05) is 26.3 Å². The maximum atomic E-state index is 13.7. The van der Waals surface area contributed by atoms with E-state index in [9.17, 15) is 19.2 Å². The Balaban J connectivity index is 1.45. The van der Waals surface area contributed by atoms with Crippen LogP contribution in [0.4, 0.5) is 0 Å². The van der Waals surface area contributed by atoms with Gasteiger partial charge in [0.05, 0.1) is 25.8 Å². The minimum absolute atomic E-state index is 0.0391. The zero-order valence-electron chi connectivity index (χ0n) is 26.6. The van der Waals surface area contributed by atoms with Gasteiger partial charge in [0.2, 0.25) is 11.8 Å². The number of hydrogen-bond donors (Lipinski definition) is 3. The SMILES string of the molecule is CC(C)C[C@H](NC(=O)[C@H](Cc1ccccc1)NC(=O)[C@@H](NC(=O)c1cc(CN2CCOCC2)on1)C(C)C)C(=O)C1(C)CC1. The molecule has 1 aromatic carbocycles. The van der Waals surface area contributed by atoms with E-state index in [4.69, 9.17) is 9.26 Å². The van der Waals surface area contributed by atoms with Crippen molar-refractivity contribution in [2.45, 2.75) is 85.0 Å². The van der Waals surface area contributed by atoms with E-state index in [2.05, 4.69) is 26.0 Å². The summed E-state index contributed by atoms with van der Waals surface area (Å²) in [6, 6.07) is 8.44. The number of aromatic nitrogens is 1. The molecule has 4 rings (SSSR count). The molecule has 1 aliphatic carbocycles. The molecule has 0 bridgehead atoms. The van der Waals surface area contributed by atoms with Crippen LogP contribution in [-0.4, -0.2) is 78.0 Å². The molecule has 44 heavy (non-hydrogen) atoms. The number of benzene rings is 1. The van der Waals surface area contributed by atoms with Crippen LogP contribution >= 0.6 is 0 Å². The lowest BCUT2D eigenvalue weighted by molar-refractivity contribution is -0.133. The standard InChI is InChI=1S/C33H47N5O6/c1-21(2)17-25(29(39)33(5)11-12-33)34-30(40)26(18-23-9-7-6-8-10-23)35-32(42)28(22(3)4)36-31(41)27-19-24(44-37-27)20-38-13-15-43-16-14-38/h6-10,19,21-22,25-26,28H,11-18,20H2,1-5H3,(H,34,40)(H,35,42)(H,36,41)/t25-,26-,28-/m0/s1. The van der Waals surface area contributed by atoms with E-state index in [-0.39, 0.29) is 29.7 Å². The molecule has 1 saturated carbocycles. The lowest BCUT2D eigenvalue weighted by atomic mass is 9.91. The average Bonchev–Trinajstić information content (AvgIpc) is 3.57. The highest BCUT2D eigenvalue weighted by Gasteiger charge is 2.48. The number of ketones is 1. The van der Waals surface area contributed by atoms with Crippen LogP contribution in [0, 0.1) is 17.3 Å². The molecule has 1 aliphatic heterocycles. The second kappa shape index (κ2) is 14.9. The normalized spacial score (nSPS) is 18.3. The molecule has 2 aromatic rings. The Morgan fingerprint density at radius 2 is 1.59 bits per heavy atom. The minimum Gasteiger partial charge on any atom is -0.379 e. The molecule has 2 aliphatic rings. The quantitative estimate of drug-likeness (QED) is 0.280. The van der Waals surface area contributed by atoms with Gasteiger partial charge in [0, 0.05) is 31.0 Å². The number of hydrogen-bond acceptors (Lipinski definition) is 8. The fourth-order valence-electron chi connectivity index (χ4n) is 5.37. The summed E-state index contributed by atoms with van der Waals surface area (Å²) in [6.45, 7) is 12.9. The van der Waals surface area contributed by atoms with Crippen LogP contribution in [0.1, 0.15) is 75.7 Å². The number of carbonyl (C=O) groups excluding carboxylic acids is 4. The molecule has 1 aromatic heterocycles.